The van der Waals surface area contributed by atoms with E-state index in [2.05, 4.69) is 0 Å². The van der Waals surface area contributed by atoms with E-state index in [4.69, 9.17) is 4.42 Å². The summed E-state index contributed by atoms with van der Waals surface area (Å²) in [4.78, 5) is 13.9. The molecule has 0 bridgehead atoms. The van der Waals surface area contributed by atoms with Crippen LogP contribution in [0.15, 0.2) is 53.2 Å². The number of carbonyl (C=O) groups is 1. The average Bonchev–Trinajstić information content (AvgIpc) is 2.97. The van der Waals surface area contributed by atoms with Crippen molar-refractivity contribution in [2.45, 2.75) is 20.4 Å². The van der Waals surface area contributed by atoms with E-state index in [-0.39, 0.29) is 5.91 Å². The maximum absolute atomic E-state index is 12.1. The summed E-state index contributed by atoms with van der Waals surface area (Å²) in [6.45, 7) is 5.15. The van der Waals surface area contributed by atoms with E-state index in [9.17, 15) is 4.79 Å². The minimum absolute atomic E-state index is 0.00975. The highest BCUT2D eigenvalue weighted by Gasteiger charge is 2.10. The van der Waals surface area contributed by atoms with Crippen molar-refractivity contribution in [3.05, 3.63) is 65.6 Å². The van der Waals surface area contributed by atoms with Gasteiger partial charge in [0.2, 0.25) is 5.91 Å². The highest BCUT2D eigenvalue weighted by atomic mass is 16.3. The van der Waals surface area contributed by atoms with E-state index in [1.807, 2.05) is 56.3 Å². The Hall–Kier alpha value is -2.29. The fourth-order valence-electron chi connectivity index (χ4n) is 1.89. The summed E-state index contributed by atoms with van der Waals surface area (Å²) in [5.41, 5.74) is 2.24. The predicted octanol–water partition coefficient (Wildman–Crippen LogP) is 3.65. The summed E-state index contributed by atoms with van der Waals surface area (Å²) in [5, 5.41) is 0. The maximum atomic E-state index is 12.1. The van der Waals surface area contributed by atoms with E-state index in [1.54, 1.807) is 17.2 Å². The number of hydrogen-bond donors (Lipinski definition) is 0. The lowest BCUT2D eigenvalue weighted by Crippen LogP contribution is -2.28. The maximum Gasteiger partial charge on any atom is 0.246 e. The third-order valence-corrected chi connectivity index (χ3v) is 3.12. The van der Waals surface area contributed by atoms with Gasteiger partial charge in [0.05, 0.1) is 12.8 Å². The Morgan fingerprint density at radius 1 is 1.25 bits per heavy atom. The topological polar surface area (TPSA) is 33.5 Å². The Morgan fingerprint density at radius 3 is 2.60 bits per heavy atom. The van der Waals surface area contributed by atoms with Crippen LogP contribution in [0.2, 0.25) is 0 Å². The van der Waals surface area contributed by atoms with Gasteiger partial charge in [0.15, 0.2) is 0 Å². The molecule has 3 heteroatoms. The molecule has 1 aromatic heterocycles. The third kappa shape index (κ3) is 3.85. The zero-order chi connectivity index (χ0) is 14.4. The van der Waals surface area contributed by atoms with Crippen molar-refractivity contribution in [2.75, 3.05) is 6.54 Å². The molecule has 0 unspecified atom stereocenters. The average molecular weight is 269 g/mol. The third-order valence-electron chi connectivity index (χ3n) is 3.12. The van der Waals surface area contributed by atoms with Gasteiger partial charge < -0.3 is 9.32 Å². The van der Waals surface area contributed by atoms with Gasteiger partial charge in [0.25, 0.3) is 0 Å². The van der Waals surface area contributed by atoms with Crippen LogP contribution in [-0.4, -0.2) is 17.4 Å². The van der Waals surface area contributed by atoms with Gasteiger partial charge in [-0.25, -0.2) is 0 Å². The number of benzene rings is 1. The van der Waals surface area contributed by atoms with Crippen molar-refractivity contribution < 1.29 is 9.21 Å². The summed E-state index contributed by atoms with van der Waals surface area (Å²) in [5.74, 6) is 0.786. The number of rotatable bonds is 5. The molecule has 0 radical (unpaired) electrons. The second-order valence-corrected chi connectivity index (χ2v) is 4.68. The molecule has 0 saturated heterocycles. The van der Waals surface area contributed by atoms with Crippen LogP contribution in [0.4, 0.5) is 0 Å². The fraction of sp³-hybridized carbons (Fsp3) is 0.235. The lowest BCUT2D eigenvalue weighted by molar-refractivity contribution is -0.126. The molecule has 104 valence electrons. The summed E-state index contributed by atoms with van der Waals surface area (Å²) >= 11 is 0. The zero-order valence-corrected chi connectivity index (χ0v) is 11.9. The quantitative estimate of drug-likeness (QED) is 0.776. The van der Waals surface area contributed by atoms with Crippen molar-refractivity contribution in [1.82, 2.24) is 4.90 Å². The number of nitrogens with zero attached hydrogens (tertiary/aromatic N) is 1. The van der Waals surface area contributed by atoms with Crippen molar-refractivity contribution >= 4 is 12.0 Å². The molecule has 0 aliphatic heterocycles. The van der Waals surface area contributed by atoms with Crippen LogP contribution in [-0.2, 0) is 11.3 Å². The van der Waals surface area contributed by atoms with Crippen LogP contribution < -0.4 is 0 Å². The second-order valence-electron chi connectivity index (χ2n) is 4.68. The van der Waals surface area contributed by atoms with Crippen LogP contribution >= 0.6 is 0 Å². The van der Waals surface area contributed by atoms with E-state index < -0.39 is 0 Å². The first-order valence-electron chi connectivity index (χ1n) is 6.75. The van der Waals surface area contributed by atoms with Crippen LogP contribution in [0.25, 0.3) is 6.08 Å². The molecule has 2 aromatic rings. The van der Waals surface area contributed by atoms with Crippen LogP contribution in [0.3, 0.4) is 0 Å². The highest BCUT2D eigenvalue weighted by molar-refractivity contribution is 5.91. The number of furan rings is 1. The molecule has 1 aromatic carbocycles. The summed E-state index contributed by atoms with van der Waals surface area (Å²) in [7, 11) is 0. The standard InChI is InChI=1S/C17H19NO2/c1-3-18(13-16-5-4-12-20-16)17(19)11-10-15-8-6-14(2)7-9-15/h4-12H,3,13H2,1-2H3/b11-10+. The first kappa shape index (κ1) is 14.1. The lowest BCUT2D eigenvalue weighted by Gasteiger charge is -2.17. The number of hydrogen-bond acceptors (Lipinski definition) is 2. The van der Waals surface area contributed by atoms with E-state index in [0.29, 0.717) is 13.1 Å². The Bertz CT molecular complexity index is 568. The van der Waals surface area contributed by atoms with Gasteiger partial charge in [0.1, 0.15) is 5.76 Å². The first-order chi connectivity index (χ1) is 9.69. The Balaban J connectivity index is 2.00. The van der Waals surface area contributed by atoms with Gasteiger partial charge >= 0.3 is 0 Å². The molecule has 20 heavy (non-hydrogen) atoms. The van der Waals surface area contributed by atoms with Crippen molar-refractivity contribution in [2.24, 2.45) is 0 Å². The molecule has 2 rings (SSSR count). The monoisotopic (exact) mass is 269 g/mol. The minimum Gasteiger partial charge on any atom is -0.467 e. The molecular formula is C17H19NO2. The van der Waals surface area contributed by atoms with Gasteiger partial charge in [-0.1, -0.05) is 29.8 Å². The molecule has 0 aliphatic carbocycles. The van der Waals surface area contributed by atoms with Crippen molar-refractivity contribution in [1.29, 1.82) is 0 Å². The normalized spacial score (nSPS) is 10.9. The fourth-order valence-corrected chi connectivity index (χ4v) is 1.89. The molecule has 0 atom stereocenters. The summed E-state index contributed by atoms with van der Waals surface area (Å²) in [6.07, 6.45) is 5.07. The summed E-state index contributed by atoms with van der Waals surface area (Å²) < 4.78 is 5.27. The molecule has 0 aliphatic rings. The van der Waals surface area contributed by atoms with E-state index in [1.165, 1.54) is 5.56 Å². The van der Waals surface area contributed by atoms with Crippen molar-refractivity contribution in [3.63, 3.8) is 0 Å². The molecule has 0 N–H and O–H groups in total. The SMILES string of the molecule is CCN(Cc1ccco1)C(=O)/C=C/c1ccc(C)cc1. The number of aryl methyl sites for hydroxylation is 1. The van der Waals surface area contributed by atoms with Gasteiger partial charge in [-0.2, -0.15) is 0 Å². The van der Waals surface area contributed by atoms with Gasteiger partial charge in [-0.15, -0.1) is 0 Å². The molecule has 1 heterocycles. The van der Waals surface area contributed by atoms with Crippen LogP contribution in [0, 0.1) is 6.92 Å². The highest BCUT2D eigenvalue weighted by Crippen LogP contribution is 2.08. The number of likely N-dealkylation sites (N-methyl/N-ethyl adjacent to an activating group) is 1. The lowest BCUT2D eigenvalue weighted by atomic mass is 10.1. The number of carbonyl (C=O) groups excluding carboxylic acids is 1. The molecular weight excluding hydrogens is 250 g/mol. The molecule has 1 amide bonds. The van der Waals surface area contributed by atoms with Gasteiger partial charge in [-0.05, 0) is 37.6 Å². The predicted molar refractivity (Wildman–Crippen MR) is 80.0 cm³/mol. The smallest absolute Gasteiger partial charge is 0.246 e. The van der Waals surface area contributed by atoms with Crippen LogP contribution in [0.5, 0.6) is 0 Å². The van der Waals surface area contributed by atoms with E-state index >= 15 is 0 Å². The Kier molecular flexibility index (Phi) is 4.77. The Morgan fingerprint density at radius 2 is 2.00 bits per heavy atom. The van der Waals surface area contributed by atoms with Crippen LogP contribution in [0.1, 0.15) is 23.8 Å². The summed E-state index contributed by atoms with van der Waals surface area (Å²) in [6, 6.07) is 11.8. The molecule has 0 spiro atoms. The molecule has 0 fully saturated rings. The van der Waals surface area contributed by atoms with Gasteiger partial charge in [-0.3, -0.25) is 4.79 Å². The molecule has 3 nitrogen and oxygen atoms in total. The largest absolute Gasteiger partial charge is 0.467 e. The second kappa shape index (κ2) is 6.75. The Labute approximate surface area is 119 Å². The van der Waals surface area contributed by atoms with Gasteiger partial charge in [0, 0.05) is 12.6 Å². The number of amides is 1. The minimum atomic E-state index is -0.00975. The molecule has 0 saturated carbocycles. The first-order valence-corrected chi connectivity index (χ1v) is 6.75. The van der Waals surface area contributed by atoms with Crippen molar-refractivity contribution in [3.8, 4) is 0 Å². The zero-order valence-electron chi connectivity index (χ0n) is 11.9. The van der Waals surface area contributed by atoms with E-state index in [0.717, 1.165) is 11.3 Å².